The molecule has 33 heavy (non-hydrogen) atoms. The Balaban J connectivity index is 1.86. The van der Waals surface area contributed by atoms with Crippen LogP contribution in [-0.2, 0) is 4.79 Å². The lowest BCUT2D eigenvalue weighted by atomic mass is 10.2. The Bertz CT molecular complexity index is 1320. The number of benzene rings is 2. The van der Waals surface area contributed by atoms with E-state index in [1.165, 1.54) is 49.4 Å². The summed E-state index contributed by atoms with van der Waals surface area (Å²) < 4.78 is 1.15. The molecule has 1 aromatic heterocycles. The Hall–Kier alpha value is -4.87. The van der Waals surface area contributed by atoms with E-state index in [0.717, 1.165) is 10.7 Å². The van der Waals surface area contributed by atoms with Gasteiger partial charge in [-0.1, -0.05) is 12.1 Å². The molecule has 12 heteroatoms. The number of nitrogens with one attached hydrogen (secondary N) is 2. The summed E-state index contributed by atoms with van der Waals surface area (Å²) in [6.07, 6.45) is 0. The molecule has 0 aliphatic carbocycles. The molecule has 0 spiro atoms. The molecule has 0 saturated heterocycles. The molecular formula is C21H18N6O6. The predicted octanol–water partition coefficient (Wildman–Crippen LogP) is 0.917. The number of nitro benzene ring substituents is 1. The van der Waals surface area contributed by atoms with Crippen molar-refractivity contribution in [1.82, 2.24) is 15.1 Å². The summed E-state index contributed by atoms with van der Waals surface area (Å²) in [7, 11) is 0. The number of anilines is 1. The average Bonchev–Trinajstić information content (AvgIpc) is 2.78. The Labute approximate surface area is 186 Å². The molecule has 0 fully saturated rings. The smallest absolute Gasteiger partial charge is 0.294 e. The fraction of sp³-hybridized carbons (Fsp3) is 0.0952. The first kappa shape index (κ1) is 22.8. The highest BCUT2D eigenvalue weighted by molar-refractivity contribution is 6.03. The maximum Gasteiger partial charge on any atom is 0.294 e. The van der Waals surface area contributed by atoms with Gasteiger partial charge >= 0.3 is 0 Å². The van der Waals surface area contributed by atoms with Crippen molar-refractivity contribution < 1.29 is 19.3 Å². The van der Waals surface area contributed by atoms with E-state index in [1.807, 2.05) is 0 Å². The molecule has 3 rings (SSSR count). The van der Waals surface area contributed by atoms with Gasteiger partial charge in [-0.15, -0.1) is 0 Å². The van der Waals surface area contributed by atoms with Crippen molar-refractivity contribution >= 4 is 29.1 Å². The number of carbonyl (C=O) groups is 3. The fourth-order valence-corrected chi connectivity index (χ4v) is 2.91. The standard InChI is InChI=1S/C21H18N6O6/c1-12-10-17(28)19(25-26(12)15-4-2-3-5-16(15)27(32)33)21(31)24-14-8-6-13(7-9-14)20(30)23-11-18(22)29/h2-10H,11H2,1H3,(H2,22,29)(H,23,30)(H,24,31). The zero-order valence-electron chi connectivity index (χ0n) is 17.3. The molecule has 0 unspecified atom stereocenters. The van der Waals surface area contributed by atoms with Crippen LogP contribution in [0, 0.1) is 17.0 Å². The Morgan fingerprint density at radius 1 is 1.09 bits per heavy atom. The topological polar surface area (TPSA) is 179 Å². The molecule has 1 heterocycles. The highest BCUT2D eigenvalue weighted by atomic mass is 16.6. The van der Waals surface area contributed by atoms with Crippen LogP contribution < -0.4 is 21.8 Å². The SMILES string of the molecule is Cc1cc(=O)c(C(=O)Nc2ccc(C(=O)NCC(N)=O)cc2)nn1-c1ccccc1[N+](=O)[O-]. The monoisotopic (exact) mass is 450 g/mol. The van der Waals surface area contributed by atoms with E-state index in [2.05, 4.69) is 15.7 Å². The highest BCUT2D eigenvalue weighted by Crippen LogP contribution is 2.22. The summed E-state index contributed by atoms with van der Waals surface area (Å²) >= 11 is 0. The van der Waals surface area contributed by atoms with Crippen molar-refractivity contribution in [3.8, 4) is 5.69 Å². The molecular weight excluding hydrogens is 432 g/mol. The Morgan fingerprint density at radius 2 is 1.76 bits per heavy atom. The molecule has 2 aromatic carbocycles. The van der Waals surface area contributed by atoms with Crippen LogP contribution >= 0.6 is 0 Å². The van der Waals surface area contributed by atoms with Gasteiger partial charge in [-0.3, -0.25) is 29.3 Å². The quantitative estimate of drug-likeness (QED) is 0.353. The van der Waals surface area contributed by atoms with Gasteiger partial charge in [-0.2, -0.15) is 5.10 Å². The second-order valence-electron chi connectivity index (χ2n) is 6.84. The number of hydrogen-bond donors (Lipinski definition) is 3. The van der Waals surface area contributed by atoms with Gasteiger partial charge in [0, 0.05) is 29.1 Å². The van der Waals surface area contributed by atoms with Gasteiger partial charge in [-0.05, 0) is 37.3 Å². The minimum Gasteiger partial charge on any atom is -0.368 e. The second-order valence-corrected chi connectivity index (χ2v) is 6.84. The fourth-order valence-electron chi connectivity index (χ4n) is 2.91. The molecule has 0 atom stereocenters. The first-order valence-corrected chi connectivity index (χ1v) is 9.50. The van der Waals surface area contributed by atoms with Gasteiger partial charge < -0.3 is 16.4 Å². The molecule has 12 nitrogen and oxygen atoms in total. The minimum atomic E-state index is -0.835. The maximum absolute atomic E-state index is 12.7. The number of rotatable bonds is 7. The Morgan fingerprint density at radius 3 is 2.39 bits per heavy atom. The summed E-state index contributed by atoms with van der Waals surface area (Å²) in [6.45, 7) is 1.22. The summed E-state index contributed by atoms with van der Waals surface area (Å²) in [5.41, 5.74) is 4.49. The lowest BCUT2D eigenvalue weighted by Crippen LogP contribution is -2.33. The van der Waals surface area contributed by atoms with E-state index in [9.17, 15) is 29.3 Å². The average molecular weight is 450 g/mol. The molecule has 0 bridgehead atoms. The summed E-state index contributed by atoms with van der Waals surface area (Å²) in [6, 6.07) is 12.6. The predicted molar refractivity (Wildman–Crippen MR) is 117 cm³/mol. The number of primary amides is 1. The normalized spacial score (nSPS) is 10.3. The molecule has 168 valence electrons. The van der Waals surface area contributed by atoms with Crippen molar-refractivity contribution in [2.45, 2.75) is 6.92 Å². The molecule has 3 aromatic rings. The van der Waals surface area contributed by atoms with E-state index in [-0.39, 0.29) is 29.2 Å². The highest BCUT2D eigenvalue weighted by Gasteiger charge is 2.20. The van der Waals surface area contributed by atoms with E-state index < -0.39 is 33.8 Å². The second kappa shape index (κ2) is 9.51. The van der Waals surface area contributed by atoms with Crippen molar-refractivity contribution in [1.29, 1.82) is 0 Å². The minimum absolute atomic E-state index is 0.0976. The van der Waals surface area contributed by atoms with Crippen LogP contribution in [0.1, 0.15) is 26.5 Å². The number of amides is 3. The number of nitro groups is 1. The van der Waals surface area contributed by atoms with Gasteiger partial charge in [0.15, 0.2) is 5.69 Å². The molecule has 0 saturated carbocycles. The van der Waals surface area contributed by atoms with Crippen LogP contribution in [0.4, 0.5) is 11.4 Å². The van der Waals surface area contributed by atoms with Crippen LogP contribution in [-0.4, -0.2) is 39.0 Å². The Kier molecular flexibility index (Phi) is 6.57. The van der Waals surface area contributed by atoms with Gasteiger partial charge in [0.1, 0.15) is 5.69 Å². The van der Waals surface area contributed by atoms with Gasteiger partial charge in [-0.25, -0.2) is 4.68 Å². The zero-order chi connectivity index (χ0) is 24.1. The third-order valence-electron chi connectivity index (χ3n) is 4.46. The number of hydrogen-bond acceptors (Lipinski definition) is 7. The van der Waals surface area contributed by atoms with Crippen molar-refractivity contribution in [2.24, 2.45) is 5.73 Å². The number of nitrogens with two attached hydrogens (primary N) is 1. The van der Waals surface area contributed by atoms with E-state index in [0.29, 0.717) is 5.69 Å². The maximum atomic E-state index is 12.7. The molecule has 3 amide bonds. The van der Waals surface area contributed by atoms with Crippen LogP contribution in [0.25, 0.3) is 5.69 Å². The van der Waals surface area contributed by atoms with E-state index in [1.54, 1.807) is 6.07 Å². The van der Waals surface area contributed by atoms with Crippen molar-refractivity contribution in [3.63, 3.8) is 0 Å². The van der Waals surface area contributed by atoms with Crippen LogP contribution in [0.5, 0.6) is 0 Å². The molecule has 0 aliphatic rings. The van der Waals surface area contributed by atoms with Gasteiger partial charge in [0.2, 0.25) is 11.3 Å². The summed E-state index contributed by atoms with van der Waals surface area (Å²) in [5, 5.41) is 20.2. The third kappa shape index (κ3) is 5.25. The summed E-state index contributed by atoms with van der Waals surface area (Å²) in [4.78, 5) is 58.5. The number of nitrogens with zero attached hydrogens (tertiary/aromatic N) is 3. The number of aryl methyl sites for hydroxylation is 1. The first-order chi connectivity index (χ1) is 15.7. The third-order valence-corrected chi connectivity index (χ3v) is 4.46. The van der Waals surface area contributed by atoms with Crippen molar-refractivity contribution in [2.75, 3.05) is 11.9 Å². The number of aromatic nitrogens is 2. The molecule has 0 radical (unpaired) electrons. The number of carbonyl (C=O) groups excluding carboxylic acids is 3. The summed E-state index contributed by atoms with van der Waals surface area (Å²) in [5.74, 6) is -2.05. The first-order valence-electron chi connectivity index (χ1n) is 9.50. The molecule has 4 N–H and O–H groups in total. The van der Waals surface area contributed by atoms with Crippen LogP contribution in [0.2, 0.25) is 0 Å². The number of para-hydroxylation sites is 2. The van der Waals surface area contributed by atoms with E-state index in [4.69, 9.17) is 5.73 Å². The lowest BCUT2D eigenvalue weighted by molar-refractivity contribution is -0.384. The largest absolute Gasteiger partial charge is 0.368 e. The van der Waals surface area contributed by atoms with Gasteiger partial charge in [0.05, 0.1) is 11.5 Å². The zero-order valence-corrected chi connectivity index (χ0v) is 17.3. The van der Waals surface area contributed by atoms with E-state index >= 15 is 0 Å². The molecule has 0 aliphatic heterocycles. The van der Waals surface area contributed by atoms with Crippen LogP contribution in [0.3, 0.4) is 0 Å². The lowest BCUT2D eigenvalue weighted by Gasteiger charge is -2.12. The van der Waals surface area contributed by atoms with Crippen molar-refractivity contribution in [3.05, 3.63) is 91.9 Å². The van der Waals surface area contributed by atoms with Crippen LogP contribution in [0.15, 0.2) is 59.4 Å². The van der Waals surface area contributed by atoms with Gasteiger partial charge in [0.25, 0.3) is 17.5 Å².